The molecule has 1 N–H and O–H groups in total. The van der Waals surface area contributed by atoms with Crippen molar-refractivity contribution >= 4 is 0 Å². The van der Waals surface area contributed by atoms with Gasteiger partial charge in [-0.05, 0) is 17.2 Å². The molecule has 50 valence electrons. The second-order valence-electron chi connectivity index (χ2n) is 1.90. The van der Waals surface area contributed by atoms with E-state index in [0.717, 1.165) is 0 Å². The molecule has 0 aromatic rings. The summed E-state index contributed by atoms with van der Waals surface area (Å²) >= 11 is 0. The first kappa shape index (κ1) is 6.79. The number of benzene rings is 1. The summed E-state index contributed by atoms with van der Waals surface area (Å²) in [5.74, 6) is 0. The number of fused-ring (bicyclic) bond motifs is 1. The summed E-state index contributed by atoms with van der Waals surface area (Å²) in [5.41, 5.74) is 2.85. The van der Waals surface area contributed by atoms with Gasteiger partial charge in [-0.1, -0.05) is 18.2 Å². The molecule has 10 heavy (non-hydrogen) atoms. The Bertz CT molecular complexity index is 245. The first-order valence-electron chi connectivity index (χ1n) is 2.96. The Balaban J connectivity index is 0.000000112. The highest BCUT2D eigenvalue weighted by atomic mass is 16.2. The number of hydrogen-bond donors (Lipinski definition) is 1. The van der Waals surface area contributed by atoms with Crippen LogP contribution in [0.25, 0.3) is 11.1 Å². The van der Waals surface area contributed by atoms with Gasteiger partial charge in [0.25, 0.3) is 0 Å². The molecule has 0 saturated heterocycles. The fourth-order valence-electron chi connectivity index (χ4n) is 0.676. The number of rotatable bonds is 0. The summed E-state index contributed by atoms with van der Waals surface area (Å²) in [5, 5.41) is 14.9. The van der Waals surface area contributed by atoms with Gasteiger partial charge in [0, 0.05) is 0 Å². The summed E-state index contributed by atoms with van der Waals surface area (Å²) in [6, 6.07) is 9.97. The van der Waals surface area contributed by atoms with Crippen LogP contribution in [0.1, 0.15) is 0 Å². The largest absolute Gasteiger partial charge is 0.381 e. The van der Waals surface area contributed by atoms with E-state index >= 15 is 0 Å². The molecular weight excluding hydrogens is 126 g/mol. The lowest BCUT2D eigenvalue weighted by molar-refractivity contribution is 0.348. The van der Waals surface area contributed by atoms with Gasteiger partial charge in [0.15, 0.2) is 0 Å². The van der Waals surface area contributed by atoms with Crippen molar-refractivity contribution < 1.29 is 5.11 Å². The van der Waals surface area contributed by atoms with Crippen molar-refractivity contribution in [1.29, 1.82) is 5.26 Å². The summed E-state index contributed by atoms with van der Waals surface area (Å²) < 4.78 is 0. The minimum atomic E-state index is -0.375. The summed E-state index contributed by atoms with van der Waals surface area (Å²) in [4.78, 5) is 0. The number of aliphatic hydroxyl groups is 1. The Morgan fingerprint density at radius 2 is 1.90 bits per heavy atom. The van der Waals surface area contributed by atoms with Gasteiger partial charge >= 0.3 is 0 Å². The molecule has 2 aliphatic rings. The molecule has 0 spiro atoms. The van der Waals surface area contributed by atoms with E-state index in [1.807, 2.05) is 0 Å². The molecule has 0 radical (unpaired) electrons. The van der Waals surface area contributed by atoms with Gasteiger partial charge in [-0.15, -0.1) is 0 Å². The first-order valence-corrected chi connectivity index (χ1v) is 2.96. The molecule has 2 aliphatic carbocycles. The van der Waals surface area contributed by atoms with Crippen molar-refractivity contribution in [3.05, 3.63) is 24.3 Å². The van der Waals surface area contributed by atoms with Crippen LogP contribution in [0.5, 0.6) is 0 Å². The van der Waals surface area contributed by atoms with Crippen molar-refractivity contribution in [2.75, 3.05) is 6.61 Å². The highest BCUT2D eigenvalue weighted by Gasteiger charge is 2.06. The van der Waals surface area contributed by atoms with Gasteiger partial charge < -0.3 is 5.11 Å². The van der Waals surface area contributed by atoms with E-state index in [0.29, 0.717) is 0 Å². The van der Waals surface area contributed by atoms with Crippen LogP contribution < -0.4 is 0 Å². The number of nitriles is 1. The molecule has 0 atom stereocenters. The molecule has 0 saturated carbocycles. The normalized spacial score (nSPS) is 8.80. The molecular formula is C8H7NO. The quantitative estimate of drug-likeness (QED) is 0.548. The van der Waals surface area contributed by atoms with Gasteiger partial charge in [-0.2, -0.15) is 5.26 Å². The Kier molecular flexibility index (Phi) is 2.03. The lowest BCUT2D eigenvalue weighted by Crippen LogP contribution is -1.64. The van der Waals surface area contributed by atoms with Gasteiger partial charge in [-0.25, -0.2) is 0 Å². The number of nitrogens with zero attached hydrogens (tertiary/aromatic N) is 1. The van der Waals surface area contributed by atoms with Crippen molar-refractivity contribution in [2.24, 2.45) is 0 Å². The Labute approximate surface area is 59.3 Å². The van der Waals surface area contributed by atoms with Crippen LogP contribution in [0.3, 0.4) is 0 Å². The van der Waals surface area contributed by atoms with Crippen LogP contribution in [0.2, 0.25) is 0 Å². The first-order chi connectivity index (χ1) is 4.88. The van der Waals surface area contributed by atoms with E-state index < -0.39 is 0 Å². The summed E-state index contributed by atoms with van der Waals surface area (Å²) in [6.07, 6.45) is 0. The van der Waals surface area contributed by atoms with E-state index in [1.165, 1.54) is 17.2 Å². The Morgan fingerprint density at radius 3 is 2.00 bits per heavy atom. The molecule has 0 bridgehead atoms. The lowest BCUT2D eigenvalue weighted by atomic mass is 10.6. The van der Waals surface area contributed by atoms with E-state index in [4.69, 9.17) is 10.4 Å². The van der Waals surface area contributed by atoms with Crippen molar-refractivity contribution in [3.63, 3.8) is 0 Å². The molecule has 2 rings (SSSR count). The average Bonchev–Trinajstić information content (AvgIpc) is 2.60. The van der Waals surface area contributed by atoms with Gasteiger partial charge in [-0.3, -0.25) is 0 Å². The molecule has 0 aliphatic heterocycles. The second kappa shape index (κ2) is 3.00. The van der Waals surface area contributed by atoms with E-state index in [1.54, 1.807) is 0 Å². The van der Waals surface area contributed by atoms with E-state index in [9.17, 15) is 0 Å². The van der Waals surface area contributed by atoms with Crippen LogP contribution in [0.15, 0.2) is 24.3 Å². The van der Waals surface area contributed by atoms with Crippen molar-refractivity contribution in [1.82, 2.24) is 0 Å². The number of aliphatic hydroxyl groups excluding tert-OH is 1. The second-order valence-corrected chi connectivity index (χ2v) is 1.90. The fraction of sp³-hybridized carbons (Fsp3) is 0.125. The minimum Gasteiger partial charge on any atom is -0.381 e. The predicted octanol–water partition coefficient (Wildman–Crippen LogP) is 1.17. The molecule has 0 fully saturated rings. The zero-order chi connectivity index (χ0) is 7.40. The third kappa shape index (κ3) is 1.57. The highest BCUT2D eigenvalue weighted by Crippen LogP contribution is 2.32. The molecule has 2 heteroatoms. The van der Waals surface area contributed by atoms with Crippen molar-refractivity contribution in [2.45, 2.75) is 0 Å². The third-order valence-electron chi connectivity index (χ3n) is 1.18. The molecule has 0 aromatic carbocycles. The zero-order valence-corrected chi connectivity index (χ0v) is 5.41. The zero-order valence-electron chi connectivity index (χ0n) is 5.41. The molecule has 2 nitrogen and oxygen atoms in total. The topological polar surface area (TPSA) is 44.0 Å². The van der Waals surface area contributed by atoms with Gasteiger partial charge in [0.1, 0.15) is 6.61 Å². The van der Waals surface area contributed by atoms with Crippen LogP contribution in [-0.4, -0.2) is 11.7 Å². The molecule has 0 heterocycles. The molecule has 0 amide bonds. The third-order valence-corrected chi connectivity index (χ3v) is 1.18. The summed E-state index contributed by atoms with van der Waals surface area (Å²) in [6.45, 7) is -0.375. The van der Waals surface area contributed by atoms with Crippen LogP contribution in [-0.2, 0) is 0 Å². The lowest BCUT2D eigenvalue weighted by Gasteiger charge is -1.50. The van der Waals surface area contributed by atoms with Gasteiger partial charge in [0.05, 0.1) is 6.07 Å². The maximum absolute atomic E-state index is 7.51. The highest BCUT2D eigenvalue weighted by molar-refractivity contribution is 5.80. The van der Waals surface area contributed by atoms with Gasteiger partial charge in [0.2, 0.25) is 0 Å². The maximum atomic E-state index is 7.51. The Hall–Kier alpha value is -1.33. The van der Waals surface area contributed by atoms with Crippen LogP contribution >= 0.6 is 0 Å². The van der Waals surface area contributed by atoms with Crippen LogP contribution in [0.4, 0.5) is 0 Å². The van der Waals surface area contributed by atoms with Crippen molar-refractivity contribution in [3.8, 4) is 17.2 Å². The van der Waals surface area contributed by atoms with Crippen LogP contribution in [0, 0.1) is 11.3 Å². The smallest absolute Gasteiger partial charge is 0.130 e. The molecule has 0 unspecified atom stereocenters. The SMILES string of the molecule is N#CCO.c1cc2cc-2c1. The monoisotopic (exact) mass is 133 g/mol. The van der Waals surface area contributed by atoms with E-state index in [2.05, 4.69) is 24.3 Å². The fourth-order valence-corrected chi connectivity index (χ4v) is 0.676. The maximum Gasteiger partial charge on any atom is 0.130 e. The number of hydrogen-bond acceptors (Lipinski definition) is 2. The molecule has 0 aromatic heterocycles. The standard InChI is InChI=1S/C6H4.C2H3NO/c1-2-5-4-6(5)3-1;3-1-2-4/h1-4H;4H,2H2. The van der Waals surface area contributed by atoms with E-state index in [-0.39, 0.29) is 6.61 Å². The predicted molar refractivity (Wildman–Crippen MR) is 38.1 cm³/mol. The Morgan fingerprint density at radius 1 is 1.40 bits per heavy atom. The average molecular weight is 133 g/mol. The summed E-state index contributed by atoms with van der Waals surface area (Å²) in [7, 11) is 0. The minimum absolute atomic E-state index is 0.375.